The molecular weight excluding hydrogens is 320 g/mol. The highest BCUT2D eigenvalue weighted by Gasteiger charge is 2.21. The van der Waals surface area contributed by atoms with Crippen molar-refractivity contribution in [3.05, 3.63) is 29.8 Å². The van der Waals surface area contributed by atoms with Crippen LogP contribution in [0.4, 0.5) is 5.69 Å². The second kappa shape index (κ2) is 9.37. The number of amides is 1. The summed E-state index contributed by atoms with van der Waals surface area (Å²) in [4.78, 5) is 24.6. The van der Waals surface area contributed by atoms with Crippen LogP contribution in [0.5, 0.6) is 0 Å². The van der Waals surface area contributed by atoms with Crippen molar-refractivity contribution in [1.82, 2.24) is 5.32 Å². The number of aliphatic hydroxyl groups excluding tert-OH is 1. The minimum atomic E-state index is -0.496. The number of nitrogens with zero attached hydrogens (tertiary/aromatic N) is 1. The first-order chi connectivity index (χ1) is 10.3. The number of hydrogen-bond acceptors (Lipinski definition) is 5. The Kier molecular flexibility index (Phi) is 8.64. The molecule has 130 valence electrons. The van der Waals surface area contributed by atoms with Gasteiger partial charge in [-0.05, 0) is 45.0 Å². The van der Waals surface area contributed by atoms with E-state index in [9.17, 15) is 14.7 Å². The fourth-order valence-corrected chi connectivity index (χ4v) is 2.02. The summed E-state index contributed by atoms with van der Waals surface area (Å²) in [5.41, 5.74) is 1.18. The number of ether oxygens (including phenoxy) is 1. The van der Waals surface area contributed by atoms with Gasteiger partial charge in [-0.2, -0.15) is 0 Å². The highest BCUT2D eigenvalue weighted by atomic mass is 35.5. The molecule has 0 heterocycles. The van der Waals surface area contributed by atoms with Gasteiger partial charge in [0.1, 0.15) is 0 Å². The molecule has 0 saturated heterocycles. The zero-order valence-electron chi connectivity index (χ0n) is 14.0. The van der Waals surface area contributed by atoms with E-state index in [1.54, 1.807) is 12.1 Å². The highest BCUT2D eigenvalue weighted by molar-refractivity contribution is 5.90. The van der Waals surface area contributed by atoms with E-state index in [1.807, 2.05) is 12.1 Å². The van der Waals surface area contributed by atoms with Gasteiger partial charge in [-0.25, -0.2) is 4.79 Å². The Balaban J connectivity index is 0.00000484. The number of halogens is 1. The lowest BCUT2D eigenvalue weighted by atomic mass is 10.0. The average Bonchev–Trinajstić information content (AvgIpc) is 2.43. The number of nitrogens with one attached hydrogen (secondary N) is 1. The van der Waals surface area contributed by atoms with Crippen LogP contribution in [0.1, 0.15) is 38.1 Å². The Morgan fingerprint density at radius 3 is 2.22 bits per heavy atom. The largest absolute Gasteiger partial charge is 0.441 e. The van der Waals surface area contributed by atoms with Crippen LogP contribution in [0.15, 0.2) is 24.3 Å². The van der Waals surface area contributed by atoms with E-state index < -0.39 is 5.97 Å². The second-order valence-electron chi connectivity index (χ2n) is 5.90. The van der Waals surface area contributed by atoms with Gasteiger partial charge in [-0.15, -0.1) is 12.4 Å². The number of esters is 1. The zero-order chi connectivity index (χ0) is 16.8. The van der Waals surface area contributed by atoms with Crippen molar-refractivity contribution >= 4 is 30.0 Å². The van der Waals surface area contributed by atoms with Gasteiger partial charge in [-0.1, -0.05) is 0 Å². The number of carbonyl (C=O) groups excluding carboxylic acids is 2. The lowest BCUT2D eigenvalue weighted by Gasteiger charge is -2.37. The predicted octanol–water partition coefficient (Wildman–Crippen LogP) is 1.96. The highest BCUT2D eigenvalue weighted by Crippen LogP contribution is 2.23. The first-order valence-electron chi connectivity index (χ1n) is 7.16. The summed E-state index contributed by atoms with van der Waals surface area (Å²) in [6.07, 6.45) is 0. The molecule has 23 heavy (non-hydrogen) atoms. The Bertz CT molecular complexity index is 512. The van der Waals surface area contributed by atoms with Crippen molar-refractivity contribution in [1.29, 1.82) is 0 Å². The fourth-order valence-electron chi connectivity index (χ4n) is 2.02. The van der Waals surface area contributed by atoms with Crippen LogP contribution in [-0.2, 0) is 9.53 Å². The van der Waals surface area contributed by atoms with Crippen LogP contribution in [0.2, 0.25) is 0 Å². The number of carbonyl (C=O) groups is 2. The summed E-state index contributed by atoms with van der Waals surface area (Å²) in [7, 11) is 0. The lowest BCUT2D eigenvalue weighted by molar-refractivity contribution is -0.120. The molecule has 0 aliphatic carbocycles. The summed E-state index contributed by atoms with van der Waals surface area (Å²) in [5, 5.41) is 11.6. The Morgan fingerprint density at radius 2 is 1.78 bits per heavy atom. The number of aliphatic hydroxyl groups is 1. The molecule has 1 rings (SSSR count). The van der Waals surface area contributed by atoms with E-state index in [0.717, 1.165) is 5.69 Å². The molecule has 1 amide bonds. The van der Waals surface area contributed by atoms with Crippen molar-refractivity contribution in [2.45, 2.75) is 33.2 Å². The lowest BCUT2D eigenvalue weighted by Crippen LogP contribution is -2.43. The molecule has 0 atom stereocenters. The maximum Gasteiger partial charge on any atom is 0.339 e. The van der Waals surface area contributed by atoms with Crippen molar-refractivity contribution < 1.29 is 19.4 Å². The summed E-state index contributed by atoms with van der Waals surface area (Å²) < 4.78 is 4.93. The second-order valence-corrected chi connectivity index (χ2v) is 5.90. The van der Waals surface area contributed by atoms with Crippen LogP contribution in [-0.4, -0.2) is 42.4 Å². The molecule has 0 radical (unpaired) electrons. The molecule has 1 aromatic rings. The van der Waals surface area contributed by atoms with Crippen LogP contribution in [0.3, 0.4) is 0 Å². The molecule has 0 spiro atoms. The number of anilines is 1. The van der Waals surface area contributed by atoms with E-state index in [0.29, 0.717) is 12.1 Å². The molecule has 0 bridgehead atoms. The Labute approximate surface area is 143 Å². The van der Waals surface area contributed by atoms with Gasteiger partial charge >= 0.3 is 5.97 Å². The van der Waals surface area contributed by atoms with Crippen molar-refractivity contribution in [2.24, 2.45) is 0 Å². The van der Waals surface area contributed by atoms with E-state index in [4.69, 9.17) is 4.74 Å². The number of benzene rings is 1. The molecule has 0 aliphatic rings. The Hall–Kier alpha value is -1.79. The molecular formula is C16H25ClN2O4. The standard InChI is InChI=1S/C16H24N2O4.ClH/c1-12(20)17-11-22-15(21)13-5-7-14(8-6-13)18(9-10-19)16(2,3)4;/h5-8,19H,9-11H2,1-4H3,(H,17,20);1H. The zero-order valence-corrected chi connectivity index (χ0v) is 14.8. The molecule has 7 heteroatoms. The average molecular weight is 345 g/mol. The number of hydrogen-bond donors (Lipinski definition) is 2. The van der Waals surface area contributed by atoms with Crippen molar-refractivity contribution in [3.63, 3.8) is 0 Å². The van der Waals surface area contributed by atoms with Crippen LogP contribution in [0, 0.1) is 0 Å². The maximum atomic E-state index is 11.8. The van der Waals surface area contributed by atoms with E-state index >= 15 is 0 Å². The molecule has 0 unspecified atom stereocenters. The topological polar surface area (TPSA) is 78.9 Å². The number of β-amino-alcohol motifs (C(OH)–C–C–N with tert-alkyl or cyclic N) is 1. The van der Waals surface area contributed by atoms with Crippen LogP contribution >= 0.6 is 12.4 Å². The van der Waals surface area contributed by atoms with Crippen LogP contribution < -0.4 is 10.2 Å². The maximum absolute atomic E-state index is 11.8. The van der Waals surface area contributed by atoms with E-state index in [2.05, 4.69) is 31.0 Å². The first kappa shape index (κ1) is 21.2. The Morgan fingerprint density at radius 1 is 1.22 bits per heavy atom. The van der Waals surface area contributed by atoms with Crippen LogP contribution in [0.25, 0.3) is 0 Å². The third-order valence-corrected chi connectivity index (χ3v) is 3.07. The minimum Gasteiger partial charge on any atom is -0.441 e. The van der Waals surface area contributed by atoms with Crippen molar-refractivity contribution in [3.8, 4) is 0 Å². The summed E-state index contributed by atoms with van der Waals surface area (Å²) >= 11 is 0. The van der Waals surface area contributed by atoms with Gasteiger partial charge in [0.05, 0.1) is 12.2 Å². The van der Waals surface area contributed by atoms with E-state index in [1.165, 1.54) is 6.92 Å². The van der Waals surface area contributed by atoms with Gasteiger partial charge in [0, 0.05) is 24.7 Å². The smallest absolute Gasteiger partial charge is 0.339 e. The van der Waals surface area contributed by atoms with Crippen molar-refractivity contribution in [2.75, 3.05) is 24.8 Å². The van der Waals surface area contributed by atoms with Gasteiger partial charge in [-0.3, -0.25) is 4.79 Å². The SMILES string of the molecule is CC(=O)NCOC(=O)c1ccc(N(CCO)C(C)(C)C)cc1.Cl. The van der Waals surface area contributed by atoms with Gasteiger partial charge in [0.15, 0.2) is 6.73 Å². The quantitative estimate of drug-likeness (QED) is 0.609. The summed E-state index contributed by atoms with van der Waals surface area (Å²) in [5.74, 6) is -0.752. The molecule has 1 aromatic carbocycles. The fraction of sp³-hybridized carbons (Fsp3) is 0.500. The van der Waals surface area contributed by atoms with E-state index in [-0.39, 0.29) is 37.2 Å². The predicted molar refractivity (Wildman–Crippen MR) is 92.0 cm³/mol. The normalized spacial score (nSPS) is 10.5. The van der Waals surface area contributed by atoms with Gasteiger partial charge in [0.25, 0.3) is 0 Å². The third kappa shape index (κ3) is 6.88. The monoisotopic (exact) mass is 344 g/mol. The molecule has 0 fully saturated rings. The molecule has 2 N–H and O–H groups in total. The van der Waals surface area contributed by atoms with Gasteiger partial charge < -0.3 is 20.1 Å². The molecule has 0 aromatic heterocycles. The molecule has 6 nitrogen and oxygen atoms in total. The molecule has 0 aliphatic heterocycles. The summed E-state index contributed by atoms with van der Waals surface area (Å²) in [6.45, 7) is 7.93. The van der Waals surface area contributed by atoms with Gasteiger partial charge in [0.2, 0.25) is 5.91 Å². The third-order valence-electron chi connectivity index (χ3n) is 3.07. The number of rotatable bonds is 6. The summed E-state index contributed by atoms with van der Waals surface area (Å²) in [6, 6.07) is 6.97. The molecule has 0 saturated carbocycles. The first-order valence-corrected chi connectivity index (χ1v) is 7.16. The minimum absolute atomic E-state index is 0.